The Hall–Kier alpha value is -1.85. The second-order valence-electron chi connectivity index (χ2n) is 3.69. The smallest absolute Gasteiger partial charge is 0.239 e. The first kappa shape index (κ1) is 13.2. The van der Waals surface area contributed by atoms with Gasteiger partial charge in [-0.25, -0.2) is 4.98 Å². The SMILES string of the molecule is CCCNc1nccc(N(C)CC(=O)NC)n1. The van der Waals surface area contributed by atoms with Crippen LogP contribution in [0.3, 0.4) is 0 Å². The van der Waals surface area contributed by atoms with Gasteiger partial charge in [0, 0.05) is 26.8 Å². The lowest BCUT2D eigenvalue weighted by molar-refractivity contribution is -0.119. The van der Waals surface area contributed by atoms with E-state index in [1.54, 1.807) is 24.2 Å². The van der Waals surface area contributed by atoms with Gasteiger partial charge in [-0.1, -0.05) is 6.92 Å². The predicted octanol–water partition coefficient (Wildman–Crippen LogP) is 0.481. The molecule has 6 nitrogen and oxygen atoms in total. The van der Waals surface area contributed by atoms with Gasteiger partial charge in [0.05, 0.1) is 6.54 Å². The van der Waals surface area contributed by atoms with Crippen LogP contribution >= 0.6 is 0 Å². The molecule has 0 aliphatic carbocycles. The van der Waals surface area contributed by atoms with Crippen molar-refractivity contribution in [3.8, 4) is 0 Å². The zero-order chi connectivity index (χ0) is 12.7. The minimum absolute atomic E-state index is 0.0471. The van der Waals surface area contributed by atoms with Gasteiger partial charge in [0.1, 0.15) is 5.82 Å². The quantitative estimate of drug-likeness (QED) is 0.753. The first-order valence-electron chi connectivity index (χ1n) is 5.66. The molecule has 1 aromatic heterocycles. The molecular weight excluding hydrogens is 218 g/mol. The molecule has 0 aliphatic heterocycles. The Morgan fingerprint density at radius 2 is 2.29 bits per heavy atom. The maximum absolute atomic E-state index is 11.2. The number of rotatable bonds is 6. The lowest BCUT2D eigenvalue weighted by Gasteiger charge is -2.17. The zero-order valence-electron chi connectivity index (χ0n) is 10.5. The number of carbonyl (C=O) groups is 1. The van der Waals surface area contributed by atoms with E-state index >= 15 is 0 Å². The summed E-state index contributed by atoms with van der Waals surface area (Å²) in [6.45, 7) is 3.19. The van der Waals surface area contributed by atoms with Crippen LogP contribution < -0.4 is 15.5 Å². The Balaban J connectivity index is 2.66. The Morgan fingerprint density at radius 3 is 2.94 bits per heavy atom. The van der Waals surface area contributed by atoms with Gasteiger partial charge in [-0.05, 0) is 12.5 Å². The number of hydrogen-bond acceptors (Lipinski definition) is 5. The highest BCUT2D eigenvalue weighted by molar-refractivity contribution is 5.80. The maximum Gasteiger partial charge on any atom is 0.239 e. The first-order chi connectivity index (χ1) is 8.17. The fourth-order valence-electron chi connectivity index (χ4n) is 1.26. The van der Waals surface area contributed by atoms with Crippen LogP contribution in [0.2, 0.25) is 0 Å². The van der Waals surface area contributed by atoms with E-state index in [1.165, 1.54) is 0 Å². The van der Waals surface area contributed by atoms with Crippen LogP contribution in [-0.2, 0) is 4.79 Å². The number of aromatic nitrogens is 2. The Labute approximate surface area is 101 Å². The summed E-state index contributed by atoms with van der Waals surface area (Å²) < 4.78 is 0. The second kappa shape index (κ2) is 6.67. The van der Waals surface area contributed by atoms with E-state index in [0.717, 1.165) is 18.8 Å². The normalized spacial score (nSPS) is 9.82. The Bertz CT molecular complexity index is 369. The number of amides is 1. The summed E-state index contributed by atoms with van der Waals surface area (Å²) in [4.78, 5) is 21.4. The first-order valence-corrected chi connectivity index (χ1v) is 5.66. The molecule has 0 aromatic carbocycles. The van der Waals surface area contributed by atoms with Gasteiger partial charge in [-0.2, -0.15) is 4.98 Å². The fraction of sp³-hybridized carbons (Fsp3) is 0.545. The number of nitrogens with zero attached hydrogens (tertiary/aromatic N) is 3. The summed E-state index contributed by atoms with van der Waals surface area (Å²) in [6, 6.07) is 1.78. The molecule has 1 rings (SSSR count). The van der Waals surface area contributed by atoms with Gasteiger partial charge in [-0.15, -0.1) is 0 Å². The molecule has 1 heterocycles. The average molecular weight is 237 g/mol. The summed E-state index contributed by atoms with van der Waals surface area (Å²) in [5.74, 6) is 1.27. The third-order valence-corrected chi connectivity index (χ3v) is 2.22. The van der Waals surface area contributed by atoms with Gasteiger partial charge in [0.25, 0.3) is 0 Å². The van der Waals surface area contributed by atoms with E-state index in [4.69, 9.17) is 0 Å². The lowest BCUT2D eigenvalue weighted by Crippen LogP contribution is -2.33. The lowest BCUT2D eigenvalue weighted by atomic mass is 10.4. The number of likely N-dealkylation sites (N-methyl/N-ethyl adjacent to an activating group) is 2. The van der Waals surface area contributed by atoms with Crippen LogP contribution in [0, 0.1) is 0 Å². The molecule has 0 bridgehead atoms. The van der Waals surface area contributed by atoms with Crippen LogP contribution in [-0.4, -0.2) is 43.1 Å². The van der Waals surface area contributed by atoms with E-state index in [0.29, 0.717) is 5.95 Å². The summed E-state index contributed by atoms with van der Waals surface area (Å²) >= 11 is 0. The van der Waals surface area contributed by atoms with Crippen LogP contribution in [0.5, 0.6) is 0 Å². The Morgan fingerprint density at radius 1 is 1.53 bits per heavy atom. The zero-order valence-corrected chi connectivity index (χ0v) is 10.5. The number of anilines is 2. The number of nitrogens with one attached hydrogen (secondary N) is 2. The largest absolute Gasteiger partial charge is 0.358 e. The highest BCUT2D eigenvalue weighted by atomic mass is 16.1. The van der Waals surface area contributed by atoms with E-state index < -0.39 is 0 Å². The third kappa shape index (κ3) is 4.26. The molecule has 0 fully saturated rings. The molecule has 0 spiro atoms. The third-order valence-electron chi connectivity index (χ3n) is 2.22. The van der Waals surface area contributed by atoms with Crippen molar-refractivity contribution in [3.05, 3.63) is 12.3 Å². The van der Waals surface area contributed by atoms with Gasteiger partial charge in [0.15, 0.2) is 0 Å². The van der Waals surface area contributed by atoms with Crippen molar-refractivity contribution in [2.24, 2.45) is 0 Å². The average Bonchev–Trinajstić information content (AvgIpc) is 2.36. The van der Waals surface area contributed by atoms with Crippen LogP contribution in [0.1, 0.15) is 13.3 Å². The van der Waals surface area contributed by atoms with E-state index in [-0.39, 0.29) is 12.5 Å². The van der Waals surface area contributed by atoms with E-state index in [9.17, 15) is 4.79 Å². The van der Waals surface area contributed by atoms with Crippen LogP contribution in [0.4, 0.5) is 11.8 Å². The summed E-state index contributed by atoms with van der Waals surface area (Å²) in [5, 5.41) is 5.68. The molecule has 1 aromatic rings. The predicted molar refractivity (Wildman–Crippen MR) is 68.1 cm³/mol. The molecule has 17 heavy (non-hydrogen) atoms. The summed E-state index contributed by atoms with van der Waals surface area (Å²) in [7, 11) is 3.44. The van der Waals surface area contributed by atoms with Gasteiger partial charge in [-0.3, -0.25) is 4.79 Å². The van der Waals surface area contributed by atoms with Crippen molar-refractivity contribution in [1.82, 2.24) is 15.3 Å². The molecule has 0 unspecified atom stereocenters. The molecule has 0 saturated carbocycles. The van der Waals surface area contributed by atoms with Crippen molar-refractivity contribution in [3.63, 3.8) is 0 Å². The Kier molecular flexibility index (Phi) is 5.19. The molecule has 0 radical (unpaired) electrons. The molecule has 0 atom stereocenters. The van der Waals surface area contributed by atoms with Crippen molar-refractivity contribution < 1.29 is 4.79 Å². The number of carbonyl (C=O) groups excluding carboxylic acids is 1. The minimum Gasteiger partial charge on any atom is -0.358 e. The minimum atomic E-state index is -0.0471. The van der Waals surface area contributed by atoms with E-state index in [2.05, 4.69) is 27.5 Å². The highest BCUT2D eigenvalue weighted by Gasteiger charge is 2.07. The van der Waals surface area contributed by atoms with Crippen molar-refractivity contribution in [2.75, 3.05) is 37.4 Å². The second-order valence-corrected chi connectivity index (χ2v) is 3.69. The monoisotopic (exact) mass is 237 g/mol. The van der Waals surface area contributed by atoms with E-state index in [1.807, 2.05) is 7.05 Å². The molecule has 0 aliphatic rings. The molecule has 0 saturated heterocycles. The summed E-state index contributed by atoms with van der Waals surface area (Å²) in [6.07, 6.45) is 2.70. The topological polar surface area (TPSA) is 70.2 Å². The highest BCUT2D eigenvalue weighted by Crippen LogP contribution is 2.09. The summed E-state index contributed by atoms with van der Waals surface area (Å²) in [5.41, 5.74) is 0. The van der Waals surface area contributed by atoms with Gasteiger partial charge in [0.2, 0.25) is 11.9 Å². The van der Waals surface area contributed by atoms with Crippen LogP contribution in [0.25, 0.3) is 0 Å². The maximum atomic E-state index is 11.2. The molecule has 2 N–H and O–H groups in total. The molecule has 6 heteroatoms. The molecule has 1 amide bonds. The van der Waals surface area contributed by atoms with Crippen LogP contribution in [0.15, 0.2) is 12.3 Å². The molecule has 94 valence electrons. The van der Waals surface area contributed by atoms with Crippen molar-refractivity contribution >= 4 is 17.7 Å². The van der Waals surface area contributed by atoms with Gasteiger partial charge >= 0.3 is 0 Å². The molecular formula is C11H19N5O. The standard InChI is InChI=1S/C11H19N5O/c1-4-6-13-11-14-7-5-9(15-11)16(3)8-10(17)12-2/h5,7H,4,6,8H2,1-3H3,(H,12,17)(H,13,14,15). The van der Waals surface area contributed by atoms with Gasteiger partial charge < -0.3 is 15.5 Å². The number of hydrogen-bond donors (Lipinski definition) is 2. The van der Waals surface area contributed by atoms with Crippen molar-refractivity contribution in [2.45, 2.75) is 13.3 Å². The fourth-order valence-corrected chi connectivity index (χ4v) is 1.26. The van der Waals surface area contributed by atoms with Crippen molar-refractivity contribution in [1.29, 1.82) is 0 Å².